The van der Waals surface area contributed by atoms with Crippen LogP contribution in [0.25, 0.3) is 16.5 Å². The standard InChI is InChI=1S/C29H27ClN2O3S/c1-20-29(27-5-3-4-6-28(27)32(20)19-22-7-11-25(30)12-8-22)24-15-17-31(18-16-24)36(34,35)26-13-9-23(10-14-26)21(2)33/h3-15H,16-19H2,1-2H3. The average Bonchev–Trinajstić information content (AvgIpc) is 3.16. The van der Waals surface area contributed by atoms with E-state index in [0.717, 1.165) is 28.4 Å². The highest BCUT2D eigenvalue weighted by Crippen LogP contribution is 2.36. The number of fused-ring (bicyclic) bond motifs is 1. The zero-order valence-electron chi connectivity index (χ0n) is 20.2. The number of carbonyl (C=O) groups is 1. The minimum absolute atomic E-state index is 0.0879. The number of aromatic nitrogens is 1. The van der Waals surface area contributed by atoms with Gasteiger partial charge < -0.3 is 4.57 Å². The Morgan fingerprint density at radius 3 is 2.31 bits per heavy atom. The number of hydrogen-bond donors (Lipinski definition) is 0. The van der Waals surface area contributed by atoms with Crippen LogP contribution in [0.15, 0.2) is 83.8 Å². The highest BCUT2D eigenvalue weighted by Gasteiger charge is 2.28. The quantitative estimate of drug-likeness (QED) is 0.280. The first kappa shape index (κ1) is 24.5. The normalized spacial score (nSPS) is 14.7. The SMILES string of the molecule is CC(=O)c1ccc(S(=O)(=O)N2CC=C(c3c(C)n(Cc4ccc(Cl)cc4)c4ccccc34)CC2)cc1. The molecule has 0 spiro atoms. The Morgan fingerprint density at radius 2 is 1.67 bits per heavy atom. The Labute approximate surface area is 216 Å². The van der Waals surface area contributed by atoms with Crippen LogP contribution in [0.1, 0.15) is 40.5 Å². The molecule has 36 heavy (non-hydrogen) atoms. The van der Waals surface area contributed by atoms with Gasteiger partial charge in [-0.1, -0.05) is 60.1 Å². The number of rotatable bonds is 6. The lowest BCUT2D eigenvalue weighted by atomic mass is 9.97. The molecule has 0 amide bonds. The van der Waals surface area contributed by atoms with E-state index in [0.29, 0.717) is 25.1 Å². The molecule has 0 N–H and O–H groups in total. The number of sulfonamides is 1. The highest BCUT2D eigenvalue weighted by molar-refractivity contribution is 7.89. The second-order valence-corrected chi connectivity index (χ2v) is 11.5. The van der Waals surface area contributed by atoms with Crippen molar-refractivity contribution in [1.29, 1.82) is 0 Å². The van der Waals surface area contributed by atoms with Gasteiger partial charge in [-0.25, -0.2) is 8.42 Å². The van der Waals surface area contributed by atoms with Crippen molar-refractivity contribution in [2.45, 2.75) is 31.7 Å². The van der Waals surface area contributed by atoms with Crippen LogP contribution in [0.3, 0.4) is 0 Å². The monoisotopic (exact) mass is 518 g/mol. The molecule has 1 aliphatic rings. The Balaban J connectivity index is 1.45. The molecular weight excluding hydrogens is 492 g/mol. The highest BCUT2D eigenvalue weighted by atomic mass is 35.5. The van der Waals surface area contributed by atoms with Crippen LogP contribution in [0.5, 0.6) is 0 Å². The number of ketones is 1. The van der Waals surface area contributed by atoms with Gasteiger partial charge in [0.05, 0.1) is 4.90 Å². The number of hydrogen-bond acceptors (Lipinski definition) is 3. The van der Waals surface area contributed by atoms with Gasteiger partial charge in [-0.3, -0.25) is 4.79 Å². The molecule has 0 radical (unpaired) electrons. The van der Waals surface area contributed by atoms with Gasteiger partial charge in [-0.15, -0.1) is 0 Å². The topological polar surface area (TPSA) is 59.4 Å². The first-order valence-corrected chi connectivity index (χ1v) is 13.7. The van der Waals surface area contributed by atoms with Gasteiger partial charge in [-0.2, -0.15) is 4.31 Å². The first-order valence-electron chi connectivity index (χ1n) is 11.9. The van der Waals surface area contributed by atoms with Crippen LogP contribution in [0.2, 0.25) is 5.02 Å². The van der Waals surface area contributed by atoms with Crippen molar-refractivity contribution in [3.63, 3.8) is 0 Å². The molecule has 0 aliphatic carbocycles. The van der Waals surface area contributed by atoms with Crippen LogP contribution in [0.4, 0.5) is 0 Å². The van der Waals surface area contributed by atoms with E-state index in [4.69, 9.17) is 11.6 Å². The number of halogens is 1. The summed E-state index contributed by atoms with van der Waals surface area (Å²) in [5.41, 5.74) is 6.33. The van der Waals surface area contributed by atoms with Gasteiger partial charge in [0.1, 0.15) is 0 Å². The van der Waals surface area contributed by atoms with Gasteiger partial charge in [0.15, 0.2) is 5.78 Å². The van der Waals surface area contributed by atoms with E-state index in [1.807, 2.05) is 42.5 Å². The second kappa shape index (κ2) is 9.69. The van der Waals surface area contributed by atoms with Crippen LogP contribution in [0, 0.1) is 6.92 Å². The zero-order chi connectivity index (χ0) is 25.4. The third-order valence-electron chi connectivity index (χ3n) is 6.88. The Hall–Kier alpha value is -3.19. The zero-order valence-corrected chi connectivity index (χ0v) is 21.8. The van der Waals surface area contributed by atoms with Crippen molar-refractivity contribution in [1.82, 2.24) is 8.87 Å². The van der Waals surface area contributed by atoms with Gasteiger partial charge in [0.2, 0.25) is 10.0 Å². The molecule has 3 aromatic carbocycles. The third-order valence-corrected chi connectivity index (χ3v) is 9.01. The van der Waals surface area contributed by atoms with E-state index < -0.39 is 10.0 Å². The van der Waals surface area contributed by atoms with Crippen molar-refractivity contribution < 1.29 is 13.2 Å². The number of para-hydroxylation sites is 1. The summed E-state index contributed by atoms with van der Waals surface area (Å²) in [7, 11) is -3.64. The molecule has 0 fully saturated rings. The summed E-state index contributed by atoms with van der Waals surface area (Å²) >= 11 is 6.07. The smallest absolute Gasteiger partial charge is 0.243 e. The van der Waals surface area contributed by atoms with Gasteiger partial charge >= 0.3 is 0 Å². The molecule has 0 saturated heterocycles. The molecule has 4 aromatic rings. The molecule has 5 rings (SSSR count). The van der Waals surface area contributed by atoms with E-state index in [-0.39, 0.29) is 10.7 Å². The molecule has 7 heteroatoms. The van der Waals surface area contributed by atoms with E-state index in [1.165, 1.54) is 39.9 Å². The summed E-state index contributed by atoms with van der Waals surface area (Å²) in [4.78, 5) is 11.8. The molecule has 0 saturated carbocycles. The lowest BCUT2D eigenvalue weighted by Gasteiger charge is -2.26. The van der Waals surface area contributed by atoms with E-state index in [9.17, 15) is 13.2 Å². The molecule has 5 nitrogen and oxygen atoms in total. The molecule has 1 aromatic heterocycles. The summed E-state index contributed by atoms with van der Waals surface area (Å²) in [6, 6.07) is 22.4. The van der Waals surface area contributed by atoms with Crippen molar-refractivity contribution in [2.24, 2.45) is 0 Å². The largest absolute Gasteiger partial charge is 0.340 e. The summed E-state index contributed by atoms with van der Waals surface area (Å²) in [5.74, 6) is -0.0879. The lowest BCUT2D eigenvalue weighted by Crippen LogP contribution is -2.34. The molecule has 0 unspecified atom stereocenters. The van der Waals surface area contributed by atoms with E-state index >= 15 is 0 Å². The summed E-state index contributed by atoms with van der Waals surface area (Å²) in [6.45, 7) is 5.04. The maximum atomic E-state index is 13.2. The Bertz CT molecular complexity index is 1580. The van der Waals surface area contributed by atoms with E-state index in [1.54, 1.807) is 12.1 Å². The third kappa shape index (κ3) is 4.52. The van der Waals surface area contributed by atoms with Crippen molar-refractivity contribution in [3.05, 3.63) is 106 Å². The average molecular weight is 519 g/mol. The molecule has 2 heterocycles. The molecule has 0 atom stereocenters. The Kier molecular flexibility index (Phi) is 6.60. The fourth-order valence-corrected chi connectivity index (χ4v) is 6.43. The van der Waals surface area contributed by atoms with E-state index in [2.05, 4.69) is 23.6 Å². The number of Topliss-reactive ketones (excluding diaryl/α,β-unsaturated/α-hetero) is 1. The van der Waals surface area contributed by atoms with Crippen LogP contribution >= 0.6 is 11.6 Å². The van der Waals surface area contributed by atoms with Gasteiger partial charge in [0, 0.05) is 52.4 Å². The number of nitrogens with zero attached hydrogens (tertiary/aromatic N) is 2. The van der Waals surface area contributed by atoms with Crippen molar-refractivity contribution in [2.75, 3.05) is 13.1 Å². The first-order chi connectivity index (χ1) is 17.3. The lowest BCUT2D eigenvalue weighted by molar-refractivity contribution is 0.101. The minimum Gasteiger partial charge on any atom is -0.340 e. The van der Waals surface area contributed by atoms with Crippen LogP contribution in [-0.2, 0) is 16.6 Å². The predicted molar refractivity (Wildman–Crippen MR) is 145 cm³/mol. The maximum Gasteiger partial charge on any atom is 0.243 e. The van der Waals surface area contributed by atoms with Crippen LogP contribution < -0.4 is 0 Å². The van der Waals surface area contributed by atoms with Gasteiger partial charge in [-0.05, 0) is 61.7 Å². The molecule has 1 aliphatic heterocycles. The fraction of sp³-hybridized carbons (Fsp3) is 0.207. The number of benzene rings is 3. The Morgan fingerprint density at radius 1 is 0.972 bits per heavy atom. The second-order valence-electron chi connectivity index (χ2n) is 9.11. The minimum atomic E-state index is -3.64. The van der Waals surface area contributed by atoms with Crippen molar-refractivity contribution in [3.8, 4) is 0 Å². The molecule has 0 bridgehead atoms. The predicted octanol–water partition coefficient (Wildman–Crippen LogP) is 6.33. The summed E-state index contributed by atoms with van der Waals surface area (Å²) < 4.78 is 30.3. The van der Waals surface area contributed by atoms with Crippen molar-refractivity contribution >= 4 is 43.9 Å². The maximum absolute atomic E-state index is 13.2. The molecular formula is C29H27ClN2O3S. The van der Waals surface area contributed by atoms with Crippen LogP contribution in [-0.4, -0.2) is 36.2 Å². The number of carbonyl (C=O) groups excluding carboxylic acids is 1. The fourth-order valence-electron chi connectivity index (χ4n) is 4.92. The summed E-state index contributed by atoms with van der Waals surface area (Å²) in [6.07, 6.45) is 2.66. The summed E-state index contributed by atoms with van der Waals surface area (Å²) in [5, 5.41) is 1.89. The molecule has 184 valence electrons. The van der Waals surface area contributed by atoms with Gasteiger partial charge in [0.25, 0.3) is 0 Å².